The van der Waals surface area contributed by atoms with Gasteiger partial charge in [-0.05, 0) is 51.6 Å². The third-order valence-corrected chi connectivity index (χ3v) is 5.48. The smallest absolute Gasteiger partial charge is 0.229 e. The number of rotatable bonds is 9. The van der Waals surface area contributed by atoms with Crippen molar-refractivity contribution in [2.75, 3.05) is 26.2 Å². The van der Waals surface area contributed by atoms with Crippen LogP contribution in [0.4, 0.5) is 0 Å². The molecule has 1 fully saturated rings. The molecule has 2 heterocycles. The van der Waals surface area contributed by atoms with Crippen LogP contribution in [0.5, 0.6) is 0 Å². The third kappa shape index (κ3) is 10.1. The van der Waals surface area contributed by atoms with E-state index < -0.39 is 0 Å². The van der Waals surface area contributed by atoms with E-state index in [9.17, 15) is 4.79 Å². The maximum atomic E-state index is 9.81. The van der Waals surface area contributed by atoms with Gasteiger partial charge in [-0.25, -0.2) is 0 Å². The molecule has 5 nitrogen and oxygen atoms in total. The van der Waals surface area contributed by atoms with E-state index in [0.29, 0.717) is 24.9 Å². The van der Waals surface area contributed by atoms with E-state index >= 15 is 0 Å². The number of hydrogen-bond donors (Lipinski definition) is 0. The molecule has 0 aromatic rings. The van der Waals surface area contributed by atoms with Gasteiger partial charge in [-0.15, -0.1) is 0 Å². The first kappa shape index (κ1) is 23.9. The minimum Gasteiger partial charge on any atom is -0.470 e. The van der Waals surface area contributed by atoms with Gasteiger partial charge in [0.1, 0.15) is 11.9 Å². The van der Waals surface area contributed by atoms with Crippen LogP contribution in [-0.2, 0) is 14.4 Å². The van der Waals surface area contributed by atoms with E-state index in [1.807, 2.05) is 6.92 Å². The summed E-state index contributed by atoms with van der Waals surface area (Å²) in [7, 11) is 0. The summed E-state index contributed by atoms with van der Waals surface area (Å²) in [5.74, 6) is 2.25. The van der Waals surface area contributed by atoms with Gasteiger partial charge in [0, 0.05) is 18.9 Å². The first-order valence-corrected chi connectivity index (χ1v) is 11.1. The van der Waals surface area contributed by atoms with E-state index in [2.05, 4.69) is 30.8 Å². The predicted molar refractivity (Wildman–Crippen MR) is 112 cm³/mol. The van der Waals surface area contributed by atoms with Crippen molar-refractivity contribution in [1.82, 2.24) is 4.90 Å². The van der Waals surface area contributed by atoms with E-state index in [1.165, 1.54) is 45.2 Å². The van der Waals surface area contributed by atoms with Crippen molar-refractivity contribution in [2.45, 2.75) is 92.1 Å². The molecule has 0 amide bonds. The van der Waals surface area contributed by atoms with Crippen molar-refractivity contribution < 1.29 is 14.4 Å². The second-order valence-electron chi connectivity index (χ2n) is 8.12. The number of piperidine rings is 1. The number of Topliss-reactive ketones (excluding diaryl/α,β-unsaturated/α-hetero) is 1. The van der Waals surface area contributed by atoms with Crippen LogP contribution >= 0.6 is 0 Å². The molecule has 0 spiro atoms. The number of carbonyl (C=O) groups is 1. The standard InChI is InChI=1S/C18H34N2O2.C4H8O/c1-4-9-16(12-15(3)5-2)18-19-21-14-17(22-18)13-20-10-7-6-8-11-20;1-3-4(2)5/h15-17H,4-14H2,1-3H3;3H2,1-2H3. The summed E-state index contributed by atoms with van der Waals surface area (Å²) in [6.07, 6.45) is 9.51. The minimum atomic E-state index is 0.155. The van der Waals surface area contributed by atoms with E-state index in [1.54, 1.807) is 6.92 Å². The van der Waals surface area contributed by atoms with Gasteiger partial charge in [-0.1, -0.05) is 52.1 Å². The van der Waals surface area contributed by atoms with Crippen LogP contribution in [0.25, 0.3) is 0 Å². The Morgan fingerprint density at radius 2 is 1.89 bits per heavy atom. The molecule has 2 aliphatic heterocycles. The Labute approximate surface area is 166 Å². The molecule has 0 aromatic carbocycles. The number of ketones is 1. The molecule has 0 bridgehead atoms. The van der Waals surface area contributed by atoms with Crippen molar-refractivity contribution in [2.24, 2.45) is 17.0 Å². The highest BCUT2D eigenvalue weighted by Crippen LogP contribution is 2.24. The van der Waals surface area contributed by atoms with Gasteiger partial charge in [0.05, 0.1) is 0 Å². The lowest BCUT2D eigenvalue weighted by atomic mass is 9.90. The van der Waals surface area contributed by atoms with E-state index in [-0.39, 0.29) is 11.9 Å². The summed E-state index contributed by atoms with van der Waals surface area (Å²) in [5, 5.41) is 4.25. The van der Waals surface area contributed by atoms with Crippen molar-refractivity contribution >= 4 is 11.7 Å². The Morgan fingerprint density at radius 3 is 2.44 bits per heavy atom. The topological polar surface area (TPSA) is 51.1 Å². The molecular weight excluding hydrogens is 340 g/mol. The molecule has 2 rings (SSSR count). The van der Waals surface area contributed by atoms with Crippen LogP contribution in [0.3, 0.4) is 0 Å². The summed E-state index contributed by atoms with van der Waals surface area (Å²) in [6.45, 7) is 14.2. The van der Waals surface area contributed by atoms with Crippen LogP contribution in [0.1, 0.15) is 86.0 Å². The Hall–Kier alpha value is -1.10. The van der Waals surface area contributed by atoms with Crippen LogP contribution < -0.4 is 0 Å². The lowest BCUT2D eigenvalue weighted by molar-refractivity contribution is -0.116. The second kappa shape index (κ2) is 14.0. The summed E-state index contributed by atoms with van der Waals surface area (Å²) >= 11 is 0. The Morgan fingerprint density at radius 1 is 1.22 bits per heavy atom. The quantitative estimate of drug-likeness (QED) is 0.560. The summed E-state index contributed by atoms with van der Waals surface area (Å²) < 4.78 is 6.23. The van der Waals surface area contributed by atoms with Crippen LogP contribution in [-0.4, -0.2) is 48.9 Å². The number of carbonyl (C=O) groups excluding carboxylic acids is 1. The number of ether oxygens (including phenoxy) is 1. The molecule has 27 heavy (non-hydrogen) atoms. The maximum Gasteiger partial charge on any atom is 0.229 e. The summed E-state index contributed by atoms with van der Waals surface area (Å²) in [6, 6.07) is 0. The zero-order valence-electron chi connectivity index (χ0n) is 18.3. The predicted octanol–water partition coefficient (Wildman–Crippen LogP) is 5.04. The van der Waals surface area contributed by atoms with E-state index in [4.69, 9.17) is 9.57 Å². The Kier molecular flexibility index (Phi) is 12.4. The van der Waals surface area contributed by atoms with Gasteiger partial charge >= 0.3 is 0 Å². The number of hydrogen-bond acceptors (Lipinski definition) is 5. The molecule has 5 heteroatoms. The average molecular weight is 383 g/mol. The molecule has 3 atom stereocenters. The Bertz CT molecular complexity index is 433. The fourth-order valence-electron chi connectivity index (χ4n) is 3.44. The van der Waals surface area contributed by atoms with Gasteiger partial charge in [-0.2, -0.15) is 0 Å². The fraction of sp³-hybridized carbons (Fsp3) is 0.909. The molecule has 0 saturated carbocycles. The SMILES string of the molecule is CCC(C)=O.CCCC(CC(C)CC)C1=NOCC(CN2CCCCC2)O1. The molecule has 158 valence electrons. The first-order chi connectivity index (χ1) is 13.0. The van der Waals surface area contributed by atoms with Crippen molar-refractivity contribution in [3.05, 3.63) is 0 Å². The number of nitrogens with zero attached hydrogens (tertiary/aromatic N) is 2. The molecule has 0 N–H and O–H groups in total. The highest BCUT2D eigenvalue weighted by atomic mass is 16.7. The van der Waals surface area contributed by atoms with Gasteiger partial charge in [-0.3, -0.25) is 4.90 Å². The first-order valence-electron chi connectivity index (χ1n) is 11.1. The lowest BCUT2D eigenvalue weighted by Crippen LogP contribution is -2.43. The molecule has 0 aromatic heterocycles. The molecule has 0 aliphatic carbocycles. The molecule has 1 saturated heterocycles. The summed E-state index contributed by atoms with van der Waals surface area (Å²) in [4.78, 5) is 17.8. The van der Waals surface area contributed by atoms with Crippen LogP contribution in [0.2, 0.25) is 0 Å². The zero-order chi connectivity index (χ0) is 20.1. The third-order valence-electron chi connectivity index (χ3n) is 5.48. The van der Waals surface area contributed by atoms with Gasteiger partial charge in [0.2, 0.25) is 5.90 Å². The normalized spacial score (nSPS) is 22.4. The number of likely N-dealkylation sites (tertiary alicyclic amines) is 1. The molecule has 0 radical (unpaired) electrons. The maximum absolute atomic E-state index is 9.81. The van der Waals surface area contributed by atoms with E-state index in [0.717, 1.165) is 25.3 Å². The monoisotopic (exact) mass is 382 g/mol. The summed E-state index contributed by atoms with van der Waals surface area (Å²) in [5.41, 5.74) is 0. The van der Waals surface area contributed by atoms with Gasteiger partial charge in [0.25, 0.3) is 0 Å². The molecular formula is C22H42N2O3. The molecule has 3 unspecified atom stereocenters. The van der Waals surface area contributed by atoms with Crippen molar-refractivity contribution in [1.29, 1.82) is 0 Å². The fourth-order valence-corrected chi connectivity index (χ4v) is 3.44. The highest BCUT2D eigenvalue weighted by molar-refractivity contribution is 5.78. The van der Waals surface area contributed by atoms with Crippen molar-refractivity contribution in [3.8, 4) is 0 Å². The van der Waals surface area contributed by atoms with Crippen molar-refractivity contribution in [3.63, 3.8) is 0 Å². The lowest BCUT2D eigenvalue weighted by Gasteiger charge is -2.33. The largest absolute Gasteiger partial charge is 0.470 e. The Balaban J connectivity index is 0.000000646. The highest BCUT2D eigenvalue weighted by Gasteiger charge is 2.28. The van der Waals surface area contributed by atoms with Crippen LogP contribution in [0, 0.1) is 11.8 Å². The second-order valence-corrected chi connectivity index (χ2v) is 8.12. The number of oxime groups is 1. The zero-order valence-corrected chi connectivity index (χ0v) is 18.3. The molecule has 2 aliphatic rings. The van der Waals surface area contributed by atoms with Gasteiger partial charge in [0.15, 0.2) is 6.61 Å². The van der Waals surface area contributed by atoms with Crippen LogP contribution in [0.15, 0.2) is 5.16 Å². The average Bonchev–Trinajstić information content (AvgIpc) is 2.69. The van der Waals surface area contributed by atoms with Gasteiger partial charge < -0.3 is 14.4 Å². The minimum absolute atomic E-state index is 0.155.